The quantitative estimate of drug-likeness (QED) is 0.558. The highest BCUT2D eigenvalue weighted by molar-refractivity contribution is 9.10. The monoisotopic (exact) mass is 370 g/mol. The van der Waals surface area contributed by atoms with Crippen LogP contribution in [0.5, 0.6) is 0 Å². The summed E-state index contributed by atoms with van der Waals surface area (Å²) < 4.78 is 3.26. The van der Waals surface area contributed by atoms with Crippen LogP contribution in [0.25, 0.3) is 11.1 Å². The Morgan fingerprint density at radius 3 is 2.45 bits per heavy atom. The van der Waals surface area contributed by atoms with Crippen molar-refractivity contribution in [3.05, 3.63) is 77.0 Å². The minimum Gasteiger partial charge on any atom is -0.206 e. The van der Waals surface area contributed by atoms with E-state index in [0.29, 0.717) is 0 Å². The Bertz CT molecular complexity index is 800. The molecule has 2 aromatic carbocycles. The van der Waals surface area contributed by atoms with E-state index in [4.69, 9.17) is 0 Å². The van der Waals surface area contributed by atoms with Crippen molar-refractivity contribution in [1.29, 1.82) is 0 Å². The van der Waals surface area contributed by atoms with Crippen LogP contribution in [0.2, 0.25) is 0 Å². The van der Waals surface area contributed by atoms with Gasteiger partial charge < -0.3 is 0 Å². The van der Waals surface area contributed by atoms with Crippen molar-refractivity contribution in [2.45, 2.75) is 16.7 Å². The Labute approximate surface area is 144 Å². The number of aromatic nitrogens is 1. The van der Waals surface area contributed by atoms with Crippen molar-refractivity contribution >= 4 is 27.7 Å². The standard InChI is InChI=1S/C19H17BrNS/c1-14-7-6-8-15(11-14)17-12-21(2)13-18(19(17)20)22-16-9-4-3-5-10-16/h3-13H,1-2H3/q+1. The van der Waals surface area contributed by atoms with Crippen LogP contribution in [-0.2, 0) is 7.05 Å². The first-order chi connectivity index (χ1) is 10.6. The van der Waals surface area contributed by atoms with E-state index in [1.165, 1.54) is 26.5 Å². The first-order valence-electron chi connectivity index (χ1n) is 7.12. The lowest BCUT2D eigenvalue weighted by Gasteiger charge is -2.09. The fourth-order valence-corrected chi connectivity index (χ4v) is 4.01. The fourth-order valence-electron chi connectivity index (χ4n) is 2.37. The van der Waals surface area contributed by atoms with Crippen LogP contribution in [-0.4, -0.2) is 0 Å². The average molecular weight is 371 g/mol. The number of halogens is 1. The molecule has 22 heavy (non-hydrogen) atoms. The molecule has 110 valence electrons. The van der Waals surface area contributed by atoms with Gasteiger partial charge in [0, 0.05) is 4.90 Å². The predicted molar refractivity (Wildman–Crippen MR) is 96.1 cm³/mol. The molecule has 0 bridgehead atoms. The Balaban J connectivity index is 2.06. The molecule has 0 unspecified atom stereocenters. The third-order valence-electron chi connectivity index (χ3n) is 3.41. The third-order valence-corrected chi connectivity index (χ3v) is 5.56. The summed E-state index contributed by atoms with van der Waals surface area (Å²) in [6, 6.07) is 19.1. The molecule has 0 saturated heterocycles. The Kier molecular flexibility index (Phi) is 4.65. The zero-order valence-electron chi connectivity index (χ0n) is 12.6. The fraction of sp³-hybridized carbons (Fsp3) is 0.105. The molecule has 0 N–H and O–H groups in total. The molecule has 0 saturated carbocycles. The number of hydrogen-bond acceptors (Lipinski definition) is 1. The largest absolute Gasteiger partial charge is 0.206 e. The smallest absolute Gasteiger partial charge is 0.183 e. The Morgan fingerprint density at radius 1 is 0.955 bits per heavy atom. The number of rotatable bonds is 3. The van der Waals surface area contributed by atoms with Gasteiger partial charge in [-0.3, -0.25) is 0 Å². The second-order valence-corrected chi connectivity index (χ2v) is 7.21. The van der Waals surface area contributed by atoms with Crippen LogP contribution < -0.4 is 4.57 Å². The summed E-state index contributed by atoms with van der Waals surface area (Å²) in [5.74, 6) is 0. The maximum atomic E-state index is 3.80. The van der Waals surface area contributed by atoms with Crippen molar-refractivity contribution in [2.75, 3.05) is 0 Å². The molecule has 3 heteroatoms. The summed E-state index contributed by atoms with van der Waals surface area (Å²) in [6.45, 7) is 2.12. The van der Waals surface area contributed by atoms with E-state index >= 15 is 0 Å². The molecular weight excluding hydrogens is 354 g/mol. The van der Waals surface area contributed by atoms with Gasteiger partial charge in [0.25, 0.3) is 0 Å². The molecule has 0 aliphatic carbocycles. The van der Waals surface area contributed by atoms with Crippen molar-refractivity contribution in [2.24, 2.45) is 7.05 Å². The highest BCUT2D eigenvalue weighted by Gasteiger charge is 2.15. The van der Waals surface area contributed by atoms with Gasteiger partial charge in [-0.05, 0) is 40.5 Å². The summed E-state index contributed by atoms with van der Waals surface area (Å²) in [5.41, 5.74) is 3.72. The van der Waals surface area contributed by atoms with Crippen molar-refractivity contribution < 1.29 is 4.57 Å². The van der Waals surface area contributed by atoms with E-state index in [1.54, 1.807) is 11.8 Å². The molecule has 0 radical (unpaired) electrons. The summed E-state index contributed by atoms with van der Waals surface area (Å²) in [6.07, 6.45) is 4.31. The molecule has 0 spiro atoms. The molecule has 0 amide bonds. The lowest BCUT2D eigenvalue weighted by atomic mass is 10.1. The number of benzene rings is 2. The van der Waals surface area contributed by atoms with Gasteiger partial charge in [0.2, 0.25) is 0 Å². The Hall–Kier alpha value is -1.58. The minimum absolute atomic E-state index is 1.14. The molecular formula is C19H17BrNS+. The van der Waals surface area contributed by atoms with Crippen LogP contribution in [0.4, 0.5) is 0 Å². The number of pyridine rings is 1. The molecule has 1 heterocycles. The van der Waals surface area contributed by atoms with Gasteiger partial charge in [-0.25, -0.2) is 4.57 Å². The van der Waals surface area contributed by atoms with Gasteiger partial charge in [-0.2, -0.15) is 0 Å². The molecule has 1 aromatic heterocycles. The van der Waals surface area contributed by atoms with Crippen molar-refractivity contribution in [1.82, 2.24) is 0 Å². The molecule has 0 atom stereocenters. The first kappa shape index (κ1) is 15.3. The topological polar surface area (TPSA) is 3.88 Å². The molecule has 1 nitrogen and oxygen atoms in total. The maximum absolute atomic E-state index is 3.80. The second kappa shape index (κ2) is 6.67. The highest BCUT2D eigenvalue weighted by Crippen LogP contribution is 2.38. The van der Waals surface area contributed by atoms with Crippen molar-refractivity contribution in [3.8, 4) is 11.1 Å². The number of hydrogen-bond donors (Lipinski definition) is 0. The van der Waals surface area contributed by atoms with Crippen LogP contribution in [0, 0.1) is 6.92 Å². The third kappa shape index (κ3) is 3.42. The van der Waals surface area contributed by atoms with Gasteiger partial charge in [0.1, 0.15) is 7.05 Å². The lowest BCUT2D eigenvalue weighted by Crippen LogP contribution is -2.27. The second-order valence-electron chi connectivity index (χ2n) is 5.30. The highest BCUT2D eigenvalue weighted by atomic mass is 79.9. The normalized spacial score (nSPS) is 10.7. The van der Waals surface area contributed by atoms with Crippen LogP contribution in [0.15, 0.2) is 81.3 Å². The van der Waals surface area contributed by atoms with Crippen LogP contribution in [0.3, 0.4) is 0 Å². The molecule has 0 aliphatic rings. The van der Waals surface area contributed by atoms with Gasteiger partial charge in [-0.1, -0.05) is 59.8 Å². The molecule has 3 aromatic rings. The van der Waals surface area contributed by atoms with E-state index in [0.717, 1.165) is 4.47 Å². The molecule has 0 aliphatic heterocycles. The van der Waals surface area contributed by atoms with E-state index in [-0.39, 0.29) is 0 Å². The average Bonchev–Trinajstić information content (AvgIpc) is 2.51. The molecule has 0 fully saturated rings. The SMILES string of the molecule is Cc1cccc(-c2c[n+](C)cc(Sc3ccccc3)c2Br)c1. The zero-order valence-corrected chi connectivity index (χ0v) is 15.0. The summed E-state index contributed by atoms with van der Waals surface area (Å²) in [5, 5.41) is 0. The van der Waals surface area contributed by atoms with Crippen LogP contribution in [0.1, 0.15) is 5.56 Å². The Morgan fingerprint density at radius 2 is 1.73 bits per heavy atom. The lowest BCUT2D eigenvalue weighted by molar-refractivity contribution is -0.673. The van der Waals surface area contributed by atoms with Gasteiger partial charge in [-0.15, -0.1) is 0 Å². The van der Waals surface area contributed by atoms with Gasteiger partial charge in [0.05, 0.1) is 14.9 Å². The summed E-state index contributed by atoms with van der Waals surface area (Å²) in [7, 11) is 2.07. The zero-order chi connectivity index (χ0) is 15.5. The predicted octanol–water partition coefficient (Wildman–Crippen LogP) is 5.40. The van der Waals surface area contributed by atoms with Crippen molar-refractivity contribution in [3.63, 3.8) is 0 Å². The number of aryl methyl sites for hydroxylation is 2. The summed E-state index contributed by atoms with van der Waals surface area (Å²) in [4.78, 5) is 2.46. The maximum Gasteiger partial charge on any atom is 0.183 e. The number of nitrogens with zero attached hydrogens (tertiary/aromatic N) is 1. The summed E-state index contributed by atoms with van der Waals surface area (Å²) >= 11 is 5.57. The van der Waals surface area contributed by atoms with E-state index in [9.17, 15) is 0 Å². The van der Waals surface area contributed by atoms with Gasteiger partial charge >= 0.3 is 0 Å². The van der Waals surface area contributed by atoms with E-state index in [1.807, 2.05) is 6.07 Å². The van der Waals surface area contributed by atoms with Crippen LogP contribution >= 0.6 is 27.7 Å². The van der Waals surface area contributed by atoms with E-state index < -0.39 is 0 Å². The van der Waals surface area contributed by atoms with Gasteiger partial charge in [0.15, 0.2) is 12.4 Å². The first-order valence-corrected chi connectivity index (χ1v) is 8.73. The minimum atomic E-state index is 1.14. The molecule has 3 rings (SSSR count). The van der Waals surface area contributed by atoms with E-state index in [2.05, 4.69) is 95.4 Å².